The van der Waals surface area contributed by atoms with Gasteiger partial charge in [0.25, 0.3) is 0 Å². The van der Waals surface area contributed by atoms with Crippen LogP contribution < -0.4 is 4.90 Å². The molecule has 2 aliphatic heterocycles. The van der Waals surface area contributed by atoms with Gasteiger partial charge in [0.1, 0.15) is 0 Å². The van der Waals surface area contributed by atoms with Gasteiger partial charge in [0.15, 0.2) is 5.69 Å². The van der Waals surface area contributed by atoms with E-state index in [-0.39, 0.29) is 11.7 Å². The fourth-order valence-corrected chi connectivity index (χ4v) is 4.75. The third-order valence-corrected chi connectivity index (χ3v) is 6.51. The Morgan fingerprint density at radius 2 is 1.74 bits per heavy atom. The second-order valence-corrected chi connectivity index (χ2v) is 8.81. The molecule has 1 aromatic carbocycles. The maximum atomic E-state index is 12.6. The average molecular weight is 426 g/mol. The van der Waals surface area contributed by atoms with E-state index in [1.807, 2.05) is 0 Å². The number of amides is 1. The molecule has 1 amide bonds. The van der Waals surface area contributed by atoms with Crippen molar-refractivity contribution in [3.8, 4) is 0 Å². The quantitative estimate of drug-likeness (QED) is 0.811. The molecule has 2 saturated heterocycles. The van der Waals surface area contributed by atoms with E-state index in [1.165, 1.54) is 41.9 Å². The van der Waals surface area contributed by atoms with Crippen LogP contribution in [0.15, 0.2) is 30.5 Å². The van der Waals surface area contributed by atoms with Gasteiger partial charge < -0.3 is 14.9 Å². The number of aryl methyl sites for hydroxylation is 1. The largest absolute Gasteiger partial charge is 0.476 e. The zero-order valence-electron chi connectivity index (χ0n) is 18.5. The minimum Gasteiger partial charge on any atom is -0.476 e. The first-order valence-corrected chi connectivity index (χ1v) is 11.0. The first-order valence-electron chi connectivity index (χ1n) is 11.0. The van der Waals surface area contributed by atoms with Crippen LogP contribution in [-0.2, 0) is 6.54 Å². The molecule has 1 N–H and O–H groups in total. The number of benzene rings is 1. The summed E-state index contributed by atoms with van der Waals surface area (Å²) in [6.07, 6.45) is 3.87. The highest BCUT2D eigenvalue weighted by atomic mass is 16.4. The molecule has 3 heterocycles. The van der Waals surface area contributed by atoms with Gasteiger partial charge in [-0.3, -0.25) is 4.90 Å². The number of rotatable bonds is 4. The average Bonchev–Trinajstić information content (AvgIpc) is 3.37. The molecule has 2 fully saturated rings. The molecule has 2 unspecified atom stereocenters. The molecule has 166 valence electrons. The lowest BCUT2D eigenvalue weighted by molar-refractivity contribution is 0.0689. The maximum absolute atomic E-state index is 12.6. The Labute approximate surface area is 183 Å². The molecule has 2 aliphatic rings. The zero-order valence-corrected chi connectivity index (χ0v) is 18.5. The Hall–Kier alpha value is -2.87. The summed E-state index contributed by atoms with van der Waals surface area (Å²) in [5.41, 5.74) is 3.84. The Bertz CT molecular complexity index is 954. The second kappa shape index (κ2) is 8.70. The first kappa shape index (κ1) is 21.4. The molecular weight excluding hydrogens is 394 g/mol. The lowest BCUT2D eigenvalue weighted by Gasteiger charge is -2.36. The lowest BCUT2D eigenvalue weighted by atomic mass is 10.1. The summed E-state index contributed by atoms with van der Waals surface area (Å²) in [5.74, 6) is -1.13. The molecule has 0 radical (unpaired) electrons. The minimum absolute atomic E-state index is 0.121. The standard InChI is InChI=1S/C23H31N5O3/c1-16-4-7-19(21(14-16)28-17(2)5-6-18(28)3)15-25-10-12-26(13-11-25)23(31)27-9-8-20(24-27)22(29)30/h4,7-9,14,17-18H,5-6,10-13,15H2,1-3H3,(H,29,30). The highest BCUT2D eigenvalue weighted by Crippen LogP contribution is 2.34. The zero-order chi connectivity index (χ0) is 22.1. The van der Waals surface area contributed by atoms with Crippen LogP contribution >= 0.6 is 0 Å². The van der Waals surface area contributed by atoms with E-state index in [1.54, 1.807) is 4.90 Å². The van der Waals surface area contributed by atoms with Crippen LogP contribution in [-0.4, -0.2) is 74.9 Å². The first-order chi connectivity index (χ1) is 14.8. The number of anilines is 1. The number of carbonyl (C=O) groups excluding carboxylic acids is 1. The number of carbonyl (C=O) groups is 2. The number of hydrogen-bond donors (Lipinski definition) is 1. The van der Waals surface area contributed by atoms with Crippen molar-refractivity contribution in [2.24, 2.45) is 0 Å². The number of carboxylic acid groups (broad SMARTS) is 1. The highest BCUT2D eigenvalue weighted by molar-refractivity contribution is 5.86. The lowest BCUT2D eigenvalue weighted by Crippen LogP contribution is -2.49. The third-order valence-electron chi connectivity index (χ3n) is 6.51. The number of aromatic nitrogens is 2. The summed E-state index contributed by atoms with van der Waals surface area (Å²) < 4.78 is 1.12. The predicted octanol–water partition coefficient (Wildman–Crippen LogP) is 3.05. The summed E-state index contributed by atoms with van der Waals surface area (Å²) in [4.78, 5) is 30.3. The van der Waals surface area contributed by atoms with Gasteiger partial charge in [-0.25, -0.2) is 9.59 Å². The molecule has 31 heavy (non-hydrogen) atoms. The van der Waals surface area contributed by atoms with E-state index < -0.39 is 5.97 Å². The van der Waals surface area contributed by atoms with Crippen LogP contribution in [0, 0.1) is 6.92 Å². The van der Waals surface area contributed by atoms with Gasteiger partial charge in [-0.05, 0) is 56.9 Å². The smallest absolute Gasteiger partial charge is 0.356 e. The fraction of sp³-hybridized carbons (Fsp3) is 0.522. The van der Waals surface area contributed by atoms with Crippen molar-refractivity contribution < 1.29 is 14.7 Å². The van der Waals surface area contributed by atoms with Crippen LogP contribution in [0.4, 0.5) is 10.5 Å². The monoisotopic (exact) mass is 425 g/mol. The molecule has 0 spiro atoms. The summed E-state index contributed by atoms with van der Waals surface area (Å²) in [6, 6.07) is 8.91. The van der Waals surface area contributed by atoms with Crippen molar-refractivity contribution in [2.75, 3.05) is 31.1 Å². The molecule has 2 atom stereocenters. The van der Waals surface area contributed by atoms with Crippen LogP contribution in [0.2, 0.25) is 0 Å². The van der Waals surface area contributed by atoms with E-state index >= 15 is 0 Å². The van der Waals surface area contributed by atoms with Crippen LogP contribution in [0.25, 0.3) is 0 Å². The van der Waals surface area contributed by atoms with E-state index in [0.29, 0.717) is 25.2 Å². The Kier molecular flexibility index (Phi) is 6.00. The fourth-order valence-electron chi connectivity index (χ4n) is 4.75. The normalized spacial score (nSPS) is 22.2. The van der Waals surface area contributed by atoms with Gasteiger partial charge in [0, 0.05) is 56.7 Å². The maximum Gasteiger partial charge on any atom is 0.356 e. The Morgan fingerprint density at radius 1 is 1.06 bits per heavy atom. The van der Waals surface area contributed by atoms with Gasteiger partial charge in [0.2, 0.25) is 0 Å². The number of aromatic carboxylic acids is 1. The SMILES string of the molecule is Cc1ccc(CN2CCN(C(=O)n3ccc(C(=O)O)n3)CC2)c(N2C(C)CCC2C)c1. The van der Waals surface area contributed by atoms with Crippen molar-refractivity contribution in [1.29, 1.82) is 0 Å². The van der Waals surface area contributed by atoms with Gasteiger partial charge in [-0.15, -0.1) is 0 Å². The van der Waals surface area contributed by atoms with Crippen molar-refractivity contribution in [1.82, 2.24) is 19.6 Å². The molecule has 2 aromatic rings. The van der Waals surface area contributed by atoms with Crippen molar-refractivity contribution in [2.45, 2.75) is 52.2 Å². The number of carboxylic acids is 1. The minimum atomic E-state index is -1.13. The molecule has 4 rings (SSSR count). The molecule has 8 heteroatoms. The van der Waals surface area contributed by atoms with Gasteiger partial charge in [-0.1, -0.05) is 12.1 Å². The molecule has 0 saturated carbocycles. The van der Waals surface area contributed by atoms with E-state index in [4.69, 9.17) is 5.11 Å². The summed E-state index contributed by atoms with van der Waals surface area (Å²) >= 11 is 0. The van der Waals surface area contributed by atoms with E-state index in [0.717, 1.165) is 24.3 Å². The second-order valence-electron chi connectivity index (χ2n) is 8.81. The molecule has 8 nitrogen and oxygen atoms in total. The van der Waals surface area contributed by atoms with Gasteiger partial charge in [0.05, 0.1) is 0 Å². The Balaban J connectivity index is 1.41. The topological polar surface area (TPSA) is 81.9 Å². The summed E-state index contributed by atoms with van der Waals surface area (Å²) in [7, 11) is 0. The molecule has 0 aliphatic carbocycles. The van der Waals surface area contributed by atoms with Gasteiger partial charge >= 0.3 is 12.0 Å². The van der Waals surface area contributed by atoms with Crippen LogP contribution in [0.3, 0.4) is 0 Å². The van der Waals surface area contributed by atoms with Crippen LogP contribution in [0.5, 0.6) is 0 Å². The summed E-state index contributed by atoms with van der Waals surface area (Å²) in [5, 5.41) is 12.9. The van der Waals surface area contributed by atoms with E-state index in [2.05, 4.69) is 53.9 Å². The highest BCUT2D eigenvalue weighted by Gasteiger charge is 2.30. The van der Waals surface area contributed by atoms with Crippen LogP contribution in [0.1, 0.15) is 48.3 Å². The molecular formula is C23H31N5O3. The number of nitrogens with zero attached hydrogens (tertiary/aromatic N) is 5. The summed E-state index contributed by atoms with van der Waals surface area (Å²) in [6.45, 7) is 10.4. The Morgan fingerprint density at radius 3 is 2.35 bits per heavy atom. The van der Waals surface area contributed by atoms with Crippen molar-refractivity contribution in [3.05, 3.63) is 47.3 Å². The van der Waals surface area contributed by atoms with Gasteiger partial charge in [-0.2, -0.15) is 9.78 Å². The predicted molar refractivity (Wildman–Crippen MR) is 119 cm³/mol. The molecule has 0 bridgehead atoms. The van der Waals surface area contributed by atoms with E-state index in [9.17, 15) is 9.59 Å². The molecule has 1 aromatic heterocycles. The number of piperazine rings is 1. The van der Waals surface area contributed by atoms with Crippen molar-refractivity contribution >= 4 is 17.7 Å². The van der Waals surface area contributed by atoms with Crippen molar-refractivity contribution in [3.63, 3.8) is 0 Å². The number of hydrogen-bond acceptors (Lipinski definition) is 5. The third kappa shape index (κ3) is 4.44.